The molecular formula is C15H23ClN2S. The molecule has 0 saturated carbocycles. The van der Waals surface area contributed by atoms with Crippen molar-refractivity contribution in [2.45, 2.75) is 50.3 Å². The number of hydrogen-bond acceptors (Lipinski definition) is 3. The molecule has 2 atom stereocenters. The molecule has 1 aliphatic rings. The van der Waals surface area contributed by atoms with Crippen molar-refractivity contribution in [1.82, 2.24) is 10.3 Å². The molecule has 0 aliphatic carbocycles. The fourth-order valence-electron chi connectivity index (χ4n) is 2.55. The molecule has 2 heterocycles. The highest BCUT2D eigenvalue weighted by Gasteiger charge is 2.24. The first kappa shape index (κ1) is 15.1. The van der Waals surface area contributed by atoms with Gasteiger partial charge >= 0.3 is 0 Å². The van der Waals surface area contributed by atoms with Gasteiger partial charge in [-0.25, -0.2) is 0 Å². The van der Waals surface area contributed by atoms with Crippen LogP contribution in [0.25, 0.3) is 0 Å². The molecule has 0 amide bonds. The Bertz CT molecular complexity index is 380. The lowest BCUT2D eigenvalue weighted by molar-refractivity contribution is 0.461. The smallest absolute Gasteiger partial charge is 0.0621 e. The van der Waals surface area contributed by atoms with Gasteiger partial charge in [0.2, 0.25) is 0 Å². The van der Waals surface area contributed by atoms with Crippen LogP contribution in [0.15, 0.2) is 18.5 Å². The van der Waals surface area contributed by atoms with E-state index in [4.69, 9.17) is 11.6 Å². The van der Waals surface area contributed by atoms with Gasteiger partial charge in [0.15, 0.2) is 0 Å². The molecular weight excluding hydrogens is 276 g/mol. The molecule has 0 spiro atoms. The second kappa shape index (κ2) is 8.13. The molecule has 106 valence electrons. The number of thioether (sulfide) groups is 1. The third-order valence-corrected chi connectivity index (χ3v) is 5.47. The average Bonchev–Trinajstić information content (AvgIpc) is 2.46. The summed E-state index contributed by atoms with van der Waals surface area (Å²) in [7, 11) is 0. The Morgan fingerprint density at radius 2 is 2.42 bits per heavy atom. The minimum atomic E-state index is 0.533. The van der Waals surface area contributed by atoms with Gasteiger partial charge in [0.1, 0.15) is 0 Å². The van der Waals surface area contributed by atoms with Gasteiger partial charge in [-0.1, -0.05) is 24.9 Å². The minimum absolute atomic E-state index is 0.533. The molecule has 4 heteroatoms. The molecule has 19 heavy (non-hydrogen) atoms. The SMILES string of the molecule is CCCNC(Cc1ccncc1Cl)C1CCCCS1. The van der Waals surface area contributed by atoms with Crippen LogP contribution in [0.3, 0.4) is 0 Å². The van der Waals surface area contributed by atoms with Gasteiger partial charge < -0.3 is 5.32 Å². The summed E-state index contributed by atoms with van der Waals surface area (Å²) >= 11 is 8.37. The summed E-state index contributed by atoms with van der Waals surface area (Å²) in [4.78, 5) is 4.07. The zero-order valence-electron chi connectivity index (χ0n) is 11.6. The van der Waals surface area contributed by atoms with Crippen molar-refractivity contribution in [2.24, 2.45) is 0 Å². The third-order valence-electron chi connectivity index (χ3n) is 3.62. The molecule has 0 bridgehead atoms. The quantitative estimate of drug-likeness (QED) is 0.861. The Morgan fingerprint density at radius 3 is 3.11 bits per heavy atom. The molecule has 1 saturated heterocycles. The van der Waals surface area contributed by atoms with Crippen molar-refractivity contribution in [3.8, 4) is 0 Å². The number of aromatic nitrogens is 1. The van der Waals surface area contributed by atoms with Crippen LogP contribution in [0.4, 0.5) is 0 Å². The number of halogens is 1. The van der Waals surface area contributed by atoms with Crippen molar-refractivity contribution >= 4 is 23.4 Å². The van der Waals surface area contributed by atoms with Crippen molar-refractivity contribution in [2.75, 3.05) is 12.3 Å². The Morgan fingerprint density at radius 1 is 1.53 bits per heavy atom. The van der Waals surface area contributed by atoms with Crippen molar-refractivity contribution in [3.05, 3.63) is 29.0 Å². The van der Waals surface area contributed by atoms with Crippen molar-refractivity contribution in [1.29, 1.82) is 0 Å². The first-order valence-electron chi connectivity index (χ1n) is 7.24. The van der Waals surface area contributed by atoms with E-state index in [0.717, 1.165) is 23.2 Å². The summed E-state index contributed by atoms with van der Waals surface area (Å²) in [5, 5.41) is 5.24. The molecule has 1 aromatic heterocycles. The molecule has 0 aromatic carbocycles. The van der Waals surface area contributed by atoms with E-state index in [-0.39, 0.29) is 0 Å². The number of hydrogen-bond donors (Lipinski definition) is 1. The first-order chi connectivity index (χ1) is 9.31. The highest BCUT2D eigenvalue weighted by Crippen LogP contribution is 2.30. The second-order valence-electron chi connectivity index (χ2n) is 5.14. The third kappa shape index (κ3) is 4.66. The maximum atomic E-state index is 6.24. The largest absolute Gasteiger partial charge is 0.313 e. The van der Waals surface area contributed by atoms with E-state index in [1.165, 1.54) is 37.0 Å². The number of nitrogens with one attached hydrogen (secondary N) is 1. The Balaban J connectivity index is 2.02. The van der Waals surface area contributed by atoms with Crippen molar-refractivity contribution in [3.63, 3.8) is 0 Å². The van der Waals surface area contributed by atoms with E-state index in [0.29, 0.717) is 6.04 Å². The second-order valence-corrected chi connectivity index (χ2v) is 6.89. The summed E-state index contributed by atoms with van der Waals surface area (Å²) in [6.07, 6.45) is 9.85. The predicted octanol–water partition coefficient (Wildman–Crippen LogP) is 3.93. The van der Waals surface area contributed by atoms with Crippen LogP contribution < -0.4 is 5.32 Å². The molecule has 2 nitrogen and oxygen atoms in total. The van der Waals surface area contributed by atoms with Gasteiger partial charge in [0.25, 0.3) is 0 Å². The summed E-state index contributed by atoms with van der Waals surface area (Å²) < 4.78 is 0. The summed E-state index contributed by atoms with van der Waals surface area (Å²) in [5.41, 5.74) is 1.22. The molecule has 1 fully saturated rings. The maximum Gasteiger partial charge on any atom is 0.0621 e. The molecule has 1 N–H and O–H groups in total. The molecule has 2 unspecified atom stereocenters. The number of pyridine rings is 1. The van der Waals surface area contributed by atoms with Crippen LogP contribution in [0.2, 0.25) is 5.02 Å². The van der Waals surface area contributed by atoms with Crippen LogP contribution in [-0.4, -0.2) is 28.6 Å². The first-order valence-corrected chi connectivity index (χ1v) is 8.67. The van der Waals surface area contributed by atoms with E-state index in [2.05, 4.69) is 35.1 Å². The Labute approximate surface area is 125 Å². The van der Waals surface area contributed by atoms with Crippen LogP contribution >= 0.6 is 23.4 Å². The fraction of sp³-hybridized carbons (Fsp3) is 0.667. The van der Waals surface area contributed by atoms with Gasteiger partial charge in [-0.05, 0) is 49.6 Å². The Kier molecular flexibility index (Phi) is 6.48. The molecule has 2 rings (SSSR count). The van der Waals surface area contributed by atoms with E-state index >= 15 is 0 Å². The topological polar surface area (TPSA) is 24.9 Å². The van der Waals surface area contributed by atoms with Gasteiger partial charge in [-0.3, -0.25) is 4.98 Å². The Hall–Kier alpha value is -0.250. The normalized spacial score (nSPS) is 21.3. The fourth-order valence-corrected chi connectivity index (χ4v) is 4.18. The lowest BCUT2D eigenvalue weighted by Gasteiger charge is -2.31. The van der Waals surface area contributed by atoms with E-state index < -0.39 is 0 Å². The average molecular weight is 299 g/mol. The highest BCUT2D eigenvalue weighted by molar-refractivity contribution is 8.00. The summed E-state index contributed by atoms with van der Waals surface area (Å²) in [6, 6.07) is 2.58. The van der Waals surface area contributed by atoms with E-state index in [1.54, 1.807) is 6.20 Å². The van der Waals surface area contributed by atoms with Crippen LogP contribution in [0.1, 0.15) is 38.2 Å². The molecule has 1 aliphatic heterocycles. The predicted molar refractivity (Wildman–Crippen MR) is 85.1 cm³/mol. The zero-order chi connectivity index (χ0) is 13.5. The van der Waals surface area contributed by atoms with Crippen LogP contribution in [-0.2, 0) is 6.42 Å². The lowest BCUT2D eigenvalue weighted by Crippen LogP contribution is -2.41. The standard InChI is InChI=1S/C15H23ClN2S/c1-2-7-18-14(15-5-3-4-9-19-15)10-12-6-8-17-11-13(12)16/h6,8,11,14-15,18H,2-5,7,9-10H2,1H3. The zero-order valence-corrected chi connectivity index (χ0v) is 13.1. The van der Waals surface area contributed by atoms with Crippen LogP contribution in [0, 0.1) is 0 Å². The van der Waals surface area contributed by atoms with Gasteiger partial charge in [0, 0.05) is 23.7 Å². The van der Waals surface area contributed by atoms with Crippen molar-refractivity contribution < 1.29 is 0 Å². The summed E-state index contributed by atoms with van der Waals surface area (Å²) in [6.45, 7) is 3.31. The monoisotopic (exact) mass is 298 g/mol. The molecule has 1 aromatic rings. The highest BCUT2D eigenvalue weighted by atomic mass is 35.5. The van der Waals surface area contributed by atoms with E-state index in [9.17, 15) is 0 Å². The van der Waals surface area contributed by atoms with Gasteiger partial charge in [-0.15, -0.1) is 0 Å². The summed E-state index contributed by atoms with van der Waals surface area (Å²) in [5.74, 6) is 1.30. The van der Waals surface area contributed by atoms with E-state index in [1.807, 2.05) is 6.20 Å². The molecule has 0 radical (unpaired) electrons. The minimum Gasteiger partial charge on any atom is -0.313 e. The van der Waals surface area contributed by atoms with Gasteiger partial charge in [0.05, 0.1) is 5.02 Å². The maximum absolute atomic E-state index is 6.24. The number of rotatable bonds is 6. The number of nitrogens with zero attached hydrogens (tertiary/aromatic N) is 1. The lowest BCUT2D eigenvalue weighted by atomic mass is 10.00. The van der Waals surface area contributed by atoms with Gasteiger partial charge in [-0.2, -0.15) is 11.8 Å². The van der Waals surface area contributed by atoms with Crippen LogP contribution in [0.5, 0.6) is 0 Å².